The zero-order valence-corrected chi connectivity index (χ0v) is 11.4. The minimum absolute atomic E-state index is 0.116. The standard InChI is InChI=1S/C16H13BF2O2/c1-12-7-5-6-10-14(12)16-11-15(20-17(18,19)21-16)13-8-3-2-4-9-13/h2-11H,1H3. The Balaban J connectivity index is 2.09. The van der Waals surface area contributed by atoms with Gasteiger partial charge >= 0.3 is 7.11 Å². The van der Waals surface area contributed by atoms with Gasteiger partial charge in [0.05, 0.1) is 17.4 Å². The number of hydrogen-bond acceptors (Lipinski definition) is 1. The van der Waals surface area contributed by atoms with E-state index in [1.807, 2.05) is 25.1 Å². The molecule has 3 rings (SSSR count). The first kappa shape index (κ1) is 13.6. The quantitative estimate of drug-likeness (QED) is 0.599. The molecule has 0 spiro atoms. The fourth-order valence-electron chi connectivity index (χ4n) is 2.25. The first-order chi connectivity index (χ1) is 10.1. The van der Waals surface area contributed by atoms with Crippen molar-refractivity contribution in [3.8, 4) is 0 Å². The van der Waals surface area contributed by atoms with E-state index in [2.05, 4.69) is 0 Å². The SMILES string of the molecule is Cc1ccccc1C1=CC(c2ccccc2)=[O+][B-](F)(F)O1. The highest BCUT2D eigenvalue weighted by Crippen LogP contribution is 2.30. The highest BCUT2D eigenvalue weighted by molar-refractivity contribution is 6.52. The summed E-state index contributed by atoms with van der Waals surface area (Å²) in [5.41, 5.74) is 2.09. The molecule has 0 saturated carbocycles. The molecule has 0 amide bonds. The molecule has 1 aliphatic heterocycles. The summed E-state index contributed by atoms with van der Waals surface area (Å²) in [6.07, 6.45) is 1.51. The maximum atomic E-state index is 13.8. The Kier molecular flexibility index (Phi) is 3.33. The zero-order valence-electron chi connectivity index (χ0n) is 11.4. The molecule has 106 valence electrons. The number of allylic oxidation sites excluding steroid dienone is 1. The van der Waals surface area contributed by atoms with Gasteiger partial charge in [0.1, 0.15) is 0 Å². The van der Waals surface area contributed by atoms with E-state index in [9.17, 15) is 8.63 Å². The predicted molar refractivity (Wildman–Crippen MR) is 79.0 cm³/mol. The number of aryl methyl sites for hydroxylation is 1. The van der Waals surface area contributed by atoms with Crippen LogP contribution < -0.4 is 0 Å². The van der Waals surface area contributed by atoms with Crippen molar-refractivity contribution in [1.29, 1.82) is 0 Å². The van der Waals surface area contributed by atoms with E-state index < -0.39 is 7.11 Å². The van der Waals surface area contributed by atoms with E-state index in [0.717, 1.165) is 5.56 Å². The second-order valence-corrected chi connectivity index (χ2v) is 4.82. The van der Waals surface area contributed by atoms with Gasteiger partial charge in [0, 0.05) is 5.56 Å². The van der Waals surface area contributed by atoms with Crippen molar-refractivity contribution < 1.29 is 17.6 Å². The lowest BCUT2D eigenvalue weighted by molar-refractivity contribution is -0.183. The highest BCUT2D eigenvalue weighted by atomic mass is 19.3. The fraction of sp³-hybridized carbons (Fsp3) is 0.0625. The number of hydrogen-bond donors (Lipinski definition) is 0. The summed E-state index contributed by atoms with van der Waals surface area (Å²) in [5.74, 6) is 0.244. The molecule has 2 aromatic carbocycles. The average Bonchev–Trinajstić information content (AvgIpc) is 2.47. The van der Waals surface area contributed by atoms with Crippen LogP contribution in [0.4, 0.5) is 8.63 Å². The van der Waals surface area contributed by atoms with Crippen LogP contribution >= 0.6 is 0 Å². The first-order valence-electron chi connectivity index (χ1n) is 6.63. The van der Waals surface area contributed by atoms with Crippen LogP contribution in [0.1, 0.15) is 21.0 Å². The van der Waals surface area contributed by atoms with Crippen LogP contribution in [0.5, 0.6) is 0 Å². The van der Waals surface area contributed by atoms with E-state index in [4.69, 9.17) is 9.00 Å². The van der Waals surface area contributed by atoms with E-state index in [0.29, 0.717) is 11.1 Å². The molecule has 0 unspecified atom stereocenters. The van der Waals surface area contributed by atoms with Gasteiger partial charge in [0.15, 0.2) is 0 Å². The van der Waals surface area contributed by atoms with E-state index in [1.165, 1.54) is 6.08 Å². The normalized spacial score (nSPS) is 16.7. The second-order valence-electron chi connectivity index (χ2n) is 4.82. The van der Waals surface area contributed by atoms with Crippen LogP contribution in [0.2, 0.25) is 0 Å². The molecule has 0 fully saturated rings. The minimum Gasteiger partial charge on any atom is -0.569 e. The topological polar surface area (TPSA) is 20.5 Å². The Morgan fingerprint density at radius 3 is 2.33 bits per heavy atom. The summed E-state index contributed by atoms with van der Waals surface area (Å²) in [5, 5.41) is 0. The number of halogens is 2. The van der Waals surface area contributed by atoms with Gasteiger partial charge in [-0.3, -0.25) is 0 Å². The third-order valence-electron chi connectivity index (χ3n) is 3.26. The summed E-state index contributed by atoms with van der Waals surface area (Å²) < 4.78 is 37.0. The molecule has 0 aromatic heterocycles. The molecular weight excluding hydrogens is 273 g/mol. The molecule has 0 N–H and O–H groups in total. The number of rotatable bonds is 2. The molecule has 1 heterocycles. The molecule has 0 aliphatic carbocycles. The zero-order chi connectivity index (χ0) is 14.9. The minimum atomic E-state index is -4.37. The summed E-state index contributed by atoms with van der Waals surface area (Å²) in [4.78, 5) is 0. The van der Waals surface area contributed by atoms with Crippen LogP contribution in [0.3, 0.4) is 0 Å². The van der Waals surface area contributed by atoms with Gasteiger partial charge in [0.2, 0.25) is 0 Å². The molecule has 1 aliphatic rings. The Bertz CT molecular complexity index is 724. The molecular formula is C16H13BF2O2. The van der Waals surface area contributed by atoms with E-state index >= 15 is 0 Å². The van der Waals surface area contributed by atoms with Crippen molar-refractivity contribution in [1.82, 2.24) is 0 Å². The molecule has 2 nitrogen and oxygen atoms in total. The van der Waals surface area contributed by atoms with E-state index in [-0.39, 0.29) is 11.5 Å². The maximum Gasteiger partial charge on any atom is 0.995 e. The Morgan fingerprint density at radius 1 is 0.952 bits per heavy atom. The number of benzene rings is 2. The Morgan fingerprint density at radius 2 is 1.62 bits per heavy atom. The van der Waals surface area contributed by atoms with Gasteiger partial charge in [-0.25, -0.2) is 0 Å². The number of ketones is 1. The van der Waals surface area contributed by atoms with Gasteiger partial charge in [0.25, 0.3) is 5.78 Å². The Labute approximate surface area is 121 Å². The highest BCUT2D eigenvalue weighted by Gasteiger charge is 2.53. The smallest absolute Gasteiger partial charge is 0.569 e. The molecule has 2 aromatic rings. The van der Waals surface area contributed by atoms with Crippen molar-refractivity contribution in [3.63, 3.8) is 0 Å². The third-order valence-corrected chi connectivity index (χ3v) is 3.26. The van der Waals surface area contributed by atoms with Gasteiger partial charge in [-0.2, -0.15) is 0 Å². The van der Waals surface area contributed by atoms with Crippen LogP contribution in [-0.2, 0) is 4.65 Å². The van der Waals surface area contributed by atoms with Gasteiger partial charge in [-0.05, 0) is 24.6 Å². The molecule has 0 radical (unpaired) electrons. The van der Waals surface area contributed by atoms with Crippen molar-refractivity contribution in [3.05, 3.63) is 77.4 Å². The average molecular weight is 286 g/mol. The summed E-state index contributed by atoms with van der Waals surface area (Å²) >= 11 is 0. The lowest BCUT2D eigenvalue weighted by atomic mass is 10.0. The molecule has 5 heteroatoms. The summed E-state index contributed by atoms with van der Waals surface area (Å²) in [6.45, 7) is 1.85. The lowest BCUT2D eigenvalue weighted by Gasteiger charge is -2.21. The molecule has 0 saturated heterocycles. The lowest BCUT2D eigenvalue weighted by Crippen LogP contribution is -2.31. The van der Waals surface area contributed by atoms with Crippen LogP contribution in [0, 0.1) is 6.92 Å². The van der Waals surface area contributed by atoms with Crippen LogP contribution in [-0.4, -0.2) is 12.9 Å². The van der Waals surface area contributed by atoms with Crippen LogP contribution in [0.15, 0.2) is 60.7 Å². The first-order valence-corrected chi connectivity index (χ1v) is 6.63. The van der Waals surface area contributed by atoms with Crippen molar-refractivity contribution in [2.75, 3.05) is 0 Å². The molecule has 0 atom stereocenters. The van der Waals surface area contributed by atoms with E-state index in [1.54, 1.807) is 36.4 Å². The third kappa shape index (κ3) is 2.87. The Hall–Kier alpha value is -2.43. The summed E-state index contributed by atoms with van der Waals surface area (Å²) in [7, 11) is -4.37. The predicted octanol–water partition coefficient (Wildman–Crippen LogP) is 4.16. The van der Waals surface area contributed by atoms with Crippen molar-refractivity contribution in [2.24, 2.45) is 0 Å². The summed E-state index contributed by atoms with van der Waals surface area (Å²) in [6, 6.07) is 16.0. The largest absolute Gasteiger partial charge is 0.995 e. The van der Waals surface area contributed by atoms with Crippen LogP contribution in [0.25, 0.3) is 5.76 Å². The van der Waals surface area contributed by atoms with Gasteiger partial charge in [-0.1, -0.05) is 42.5 Å². The maximum absolute atomic E-state index is 13.8. The second kappa shape index (κ2) is 5.16. The monoisotopic (exact) mass is 286 g/mol. The van der Waals surface area contributed by atoms with Gasteiger partial charge in [-0.15, -0.1) is 0 Å². The number of carbonyl (C=O) groups excluding carboxylic acids is 1. The molecule has 21 heavy (non-hydrogen) atoms. The molecule has 0 bridgehead atoms. The fourth-order valence-corrected chi connectivity index (χ4v) is 2.25. The van der Waals surface area contributed by atoms with Crippen molar-refractivity contribution in [2.45, 2.75) is 6.92 Å². The van der Waals surface area contributed by atoms with Crippen molar-refractivity contribution >= 4 is 18.6 Å². The van der Waals surface area contributed by atoms with Gasteiger partial charge < -0.3 is 17.6 Å².